The van der Waals surface area contributed by atoms with Crippen LogP contribution in [0.4, 0.5) is 4.39 Å². The Bertz CT molecular complexity index is 542. The minimum atomic E-state index is -0.641. The number of halogens is 1. The lowest BCUT2D eigenvalue weighted by Gasteiger charge is -2.23. The van der Waals surface area contributed by atoms with Gasteiger partial charge in [0, 0.05) is 11.9 Å². The van der Waals surface area contributed by atoms with Crippen molar-refractivity contribution < 1.29 is 9.18 Å². The second kappa shape index (κ2) is 5.27. The molecule has 0 spiro atoms. The fraction of sp³-hybridized carbons (Fsp3) is 0.231. The number of thiophene rings is 1. The van der Waals surface area contributed by atoms with Crippen molar-refractivity contribution in [2.75, 3.05) is 7.05 Å². The van der Waals surface area contributed by atoms with Crippen LogP contribution in [0.3, 0.4) is 0 Å². The van der Waals surface area contributed by atoms with Gasteiger partial charge in [-0.2, -0.15) is 4.39 Å². The Morgan fingerprint density at radius 2 is 2.17 bits per heavy atom. The van der Waals surface area contributed by atoms with Crippen molar-refractivity contribution in [1.82, 2.24) is 9.88 Å². The summed E-state index contributed by atoms with van der Waals surface area (Å²) in [6.07, 6.45) is 0. The zero-order chi connectivity index (χ0) is 13.1. The number of carbonyl (C=O) groups excluding carboxylic acids is 1. The topological polar surface area (TPSA) is 33.2 Å². The van der Waals surface area contributed by atoms with Gasteiger partial charge in [0.2, 0.25) is 5.95 Å². The number of pyridine rings is 1. The number of carbonyl (C=O) groups is 1. The summed E-state index contributed by atoms with van der Waals surface area (Å²) in [6, 6.07) is 8.08. The fourth-order valence-electron chi connectivity index (χ4n) is 1.60. The van der Waals surface area contributed by atoms with Gasteiger partial charge in [0.15, 0.2) is 0 Å². The van der Waals surface area contributed by atoms with Crippen LogP contribution in [0, 0.1) is 5.95 Å². The van der Waals surface area contributed by atoms with Gasteiger partial charge in [-0.3, -0.25) is 4.79 Å². The van der Waals surface area contributed by atoms with Crippen LogP contribution < -0.4 is 0 Å². The molecule has 0 aromatic carbocycles. The molecule has 0 fully saturated rings. The first-order valence-corrected chi connectivity index (χ1v) is 6.40. The van der Waals surface area contributed by atoms with Crippen LogP contribution in [0.2, 0.25) is 0 Å². The van der Waals surface area contributed by atoms with Crippen molar-refractivity contribution in [2.45, 2.75) is 13.0 Å². The number of hydrogen-bond acceptors (Lipinski definition) is 3. The molecule has 0 saturated carbocycles. The molecule has 0 aliphatic rings. The third-order valence-corrected chi connectivity index (χ3v) is 3.83. The minimum absolute atomic E-state index is 0.0532. The van der Waals surface area contributed by atoms with Crippen LogP contribution in [-0.4, -0.2) is 22.8 Å². The standard InChI is InChI=1S/C13H13FN2OS/c1-9(11-6-4-8-18-11)16(2)13(17)10-5-3-7-12(14)15-10/h3-9H,1-2H3. The number of nitrogens with zero attached hydrogens (tertiary/aromatic N) is 2. The Morgan fingerprint density at radius 1 is 1.39 bits per heavy atom. The van der Waals surface area contributed by atoms with Gasteiger partial charge in [-0.05, 0) is 30.5 Å². The van der Waals surface area contributed by atoms with E-state index in [1.54, 1.807) is 23.3 Å². The maximum Gasteiger partial charge on any atom is 0.272 e. The lowest BCUT2D eigenvalue weighted by atomic mass is 10.2. The predicted molar refractivity (Wildman–Crippen MR) is 69.0 cm³/mol. The fourth-order valence-corrected chi connectivity index (χ4v) is 2.43. The molecule has 2 aromatic heterocycles. The summed E-state index contributed by atoms with van der Waals surface area (Å²) in [7, 11) is 1.69. The molecule has 0 radical (unpaired) electrons. The van der Waals surface area contributed by atoms with Crippen molar-refractivity contribution in [3.63, 3.8) is 0 Å². The molecular formula is C13H13FN2OS. The van der Waals surface area contributed by atoms with Crippen LogP contribution in [0.1, 0.15) is 28.3 Å². The van der Waals surface area contributed by atoms with E-state index in [0.717, 1.165) is 4.88 Å². The van der Waals surface area contributed by atoms with Gasteiger partial charge in [0.25, 0.3) is 5.91 Å². The second-order valence-corrected chi connectivity index (χ2v) is 4.93. The Kier molecular flexibility index (Phi) is 3.72. The summed E-state index contributed by atoms with van der Waals surface area (Å²) >= 11 is 1.59. The molecule has 0 aliphatic heterocycles. The zero-order valence-corrected chi connectivity index (χ0v) is 10.9. The largest absolute Gasteiger partial charge is 0.333 e. The molecule has 2 rings (SSSR count). The highest BCUT2D eigenvalue weighted by Crippen LogP contribution is 2.24. The molecule has 5 heteroatoms. The first kappa shape index (κ1) is 12.7. The zero-order valence-electron chi connectivity index (χ0n) is 10.1. The van der Waals surface area contributed by atoms with Crippen molar-refractivity contribution >= 4 is 17.2 Å². The van der Waals surface area contributed by atoms with E-state index in [1.807, 2.05) is 24.4 Å². The van der Waals surface area contributed by atoms with Gasteiger partial charge in [0.1, 0.15) is 5.69 Å². The second-order valence-electron chi connectivity index (χ2n) is 3.95. The highest BCUT2D eigenvalue weighted by Gasteiger charge is 2.20. The average Bonchev–Trinajstić information content (AvgIpc) is 2.90. The van der Waals surface area contributed by atoms with Gasteiger partial charge in [-0.15, -0.1) is 11.3 Å². The van der Waals surface area contributed by atoms with Gasteiger partial charge >= 0.3 is 0 Å². The highest BCUT2D eigenvalue weighted by atomic mass is 32.1. The van der Waals surface area contributed by atoms with E-state index in [-0.39, 0.29) is 17.6 Å². The van der Waals surface area contributed by atoms with Gasteiger partial charge in [-0.25, -0.2) is 4.98 Å². The van der Waals surface area contributed by atoms with E-state index in [4.69, 9.17) is 0 Å². The van der Waals surface area contributed by atoms with E-state index < -0.39 is 5.95 Å². The lowest BCUT2D eigenvalue weighted by Crippen LogP contribution is -2.30. The highest BCUT2D eigenvalue weighted by molar-refractivity contribution is 7.10. The molecular weight excluding hydrogens is 251 g/mol. The molecule has 0 saturated heterocycles. The van der Waals surface area contributed by atoms with Crippen LogP contribution in [0.25, 0.3) is 0 Å². The maximum atomic E-state index is 13.0. The van der Waals surface area contributed by atoms with E-state index >= 15 is 0 Å². The minimum Gasteiger partial charge on any atom is -0.333 e. The molecule has 0 aliphatic carbocycles. The molecule has 1 amide bonds. The first-order valence-electron chi connectivity index (χ1n) is 5.52. The maximum absolute atomic E-state index is 13.0. The average molecular weight is 264 g/mol. The number of aromatic nitrogens is 1. The lowest BCUT2D eigenvalue weighted by molar-refractivity contribution is 0.0737. The van der Waals surface area contributed by atoms with Crippen molar-refractivity contribution in [1.29, 1.82) is 0 Å². The third kappa shape index (κ3) is 2.56. The van der Waals surface area contributed by atoms with E-state index in [1.165, 1.54) is 18.2 Å². The van der Waals surface area contributed by atoms with Crippen molar-refractivity contribution in [3.8, 4) is 0 Å². The summed E-state index contributed by atoms with van der Waals surface area (Å²) in [4.78, 5) is 18.4. The molecule has 0 bridgehead atoms. The van der Waals surface area contributed by atoms with Gasteiger partial charge in [0.05, 0.1) is 6.04 Å². The molecule has 1 atom stereocenters. The van der Waals surface area contributed by atoms with E-state index in [0.29, 0.717) is 0 Å². The normalized spacial score (nSPS) is 12.2. The third-order valence-electron chi connectivity index (χ3n) is 2.79. The Hall–Kier alpha value is -1.75. The molecule has 2 heterocycles. The van der Waals surface area contributed by atoms with Crippen LogP contribution in [0.15, 0.2) is 35.7 Å². The summed E-state index contributed by atoms with van der Waals surface area (Å²) in [5.74, 6) is -0.923. The Labute approximate surface area is 109 Å². The Morgan fingerprint density at radius 3 is 2.78 bits per heavy atom. The molecule has 2 aromatic rings. The predicted octanol–water partition coefficient (Wildman–Crippen LogP) is 3.12. The van der Waals surface area contributed by atoms with E-state index in [2.05, 4.69) is 4.98 Å². The first-order chi connectivity index (χ1) is 8.59. The number of amides is 1. The van der Waals surface area contributed by atoms with Gasteiger partial charge in [-0.1, -0.05) is 12.1 Å². The van der Waals surface area contributed by atoms with Crippen molar-refractivity contribution in [2.24, 2.45) is 0 Å². The smallest absolute Gasteiger partial charge is 0.272 e. The van der Waals surface area contributed by atoms with Gasteiger partial charge < -0.3 is 4.90 Å². The molecule has 3 nitrogen and oxygen atoms in total. The molecule has 94 valence electrons. The molecule has 0 N–H and O–H groups in total. The summed E-state index contributed by atoms with van der Waals surface area (Å²) in [5.41, 5.74) is 0.126. The van der Waals surface area contributed by atoms with Crippen LogP contribution >= 0.6 is 11.3 Å². The monoisotopic (exact) mass is 264 g/mol. The summed E-state index contributed by atoms with van der Waals surface area (Å²) < 4.78 is 13.0. The summed E-state index contributed by atoms with van der Waals surface area (Å²) in [6.45, 7) is 1.93. The summed E-state index contributed by atoms with van der Waals surface area (Å²) in [5, 5.41) is 1.96. The van der Waals surface area contributed by atoms with Crippen LogP contribution in [0.5, 0.6) is 0 Å². The van der Waals surface area contributed by atoms with Crippen molar-refractivity contribution in [3.05, 3.63) is 52.2 Å². The SMILES string of the molecule is CC(c1cccs1)N(C)C(=O)c1cccc(F)n1. The number of hydrogen-bond donors (Lipinski definition) is 0. The number of rotatable bonds is 3. The quantitative estimate of drug-likeness (QED) is 0.798. The molecule has 1 unspecified atom stereocenters. The molecule has 18 heavy (non-hydrogen) atoms. The Balaban J connectivity index is 2.19. The van der Waals surface area contributed by atoms with E-state index in [9.17, 15) is 9.18 Å². The van der Waals surface area contributed by atoms with Crippen LogP contribution in [-0.2, 0) is 0 Å².